The van der Waals surface area contributed by atoms with E-state index in [0.717, 1.165) is 0 Å². The second-order valence-corrected chi connectivity index (χ2v) is 4.10. The highest BCUT2D eigenvalue weighted by atomic mass is 16.4. The summed E-state index contributed by atoms with van der Waals surface area (Å²) in [5.74, 6) is -0.782. The fourth-order valence-electron chi connectivity index (χ4n) is 1.47. The molecule has 1 aliphatic rings. The van der Waals surface area contributed by atoms with Crippen molar-refractivity contribution in [3.05, 3.63) is 0 Å². The van der Waals surface area contributed by atoms with Crippen molar-refractivity contribution >= 4 is 5.97 Å². The summed E-state index contributed by atoms with van der Waals surface area (Å²) in [6.45, 7) is 4.60. The first-order valence-corrected chi connectivity index (χ1v) is 4.15. The normalized spacial score (nSPS) is 34.6. The van der Waals surface area contributed by atoms with Gasteiger partial charge in [-0.05, 0) is 11.8 Å². The van der Waals surface area contributed by atoms with Crippen LogP contribution in [-0.4, -0.2) is 29.7 Å². The Morgan fingerprint density at radius 2 is 2.25 bits per heavy atom. The number of carboxylic acid groups (broad SMARTS) is 1. The Hall–Kier alpha value is -0.610. The largest absolute Gasteiger partial charge is 0.480 e. The number of nitrogens with two attached hydrogens (primary N) is 1. The van der Waals surface area contributed by atoms with Gasteiger partial charge in [-0.25, -0.2) is 0 Å². The lowest BCUT2D eigenvalue weighted by Crippen LogP contribution is -2.57. The molecule has 2 unspecified atom stereocenters. The lowest BCUT2D eigenvalue weighted by Gasteiger charge is -2.39. The van der Waals surface area contributed by atoms with Crippen molar-refractivity contribution in [2.45, 2.75) is 32.4 Å². The Morgan fingerprint density at radius 3 is 2.67 bits per heavy atom. The van der Waals surface area contributed by atoms with Gasteiger partial charge in [0.2, 0.25) is 0 Å². The van der Waals surface area contributed by atoms with Crippen molar-refractivity contribution in [3.63, 3.8) is 0 Å². The smallest absolute Gasteiger partial charge is 0.320 e. The molecular formula is C8H16N2O2. The molecule has 2 atom stereocenters. The third-order valence-corrected chi connectivity index (χ3v) is 2.62. The maximum absolute atomic E-state index is 10.6. The molecule has 0 aromatic heterocycles. The van der Waals surface area contributed by atoms with Crippen LogP contribution in [0.4, 0.5) is 0 Å². The number of hydrogen-bond acceptors (Lipinski definition) is 3. The van der Waals surface area contributed by atoms with E-state index >= 15 is 0 Å². The highest BCUT2D eigenvalue weighted by Crippen LogP contribution is 2.28. The molecule has 0 aliphatic carbocycles. The van der Waals surface area contributed by atoms with Crippen LogP contribution in [0.15, 0.2) is 0 Å². The van der Waals surface area contributed by atoms with E-state index in [1.165, 1.54) is 0 Å². The Kier molecular flexibility index (Phi) is 2.39. The Balaban J connectivity index is 2.63. The first-order valence-electron chi connectivity index (χ1n) is 4.15. The van der Waals surface area contributed by atoms with E-state index in [2.05, 4.69) is 5.32 Å². The van der Waals surface area contributed by atoms with Crippen LogP contribution in [0.25, 0.3) is 0 Å². The molecule has 0 aromatic rings. The molecule has 12 heavy (non-hydrogen) atoms. The minimum atomic E-state index is -0.782. The van der Waals surface area contributed by atoms with Crippen LogP contribution in [0, 0.1) is 5.41 Å². The minimum Gasteiger partial charge on any atom is -0.480 e. The fraction of sp³-hybridized carbons (Fsp3) is 0.875. The molecule has 0 saturated carbocycles. The van der Waals surface area contributed by atoms with Gasteiger partial charge in [-0.15, -0.1) is 0 Å². The number of piperidine rings is 1. The average Bonchev–Trinajstić information content (AvgIpc) is 1.94. The summed E-state index contributed by atoms with van der Waals surface area (Å²) in [5.41, 5.74) is 5.74. The summed E-state index contributed by atoms with van der Waals surface area (Å²) in [5, 5.41) is 11.7. The van der Waals surface area contributed by atoms with Crippen molar-refractivity contribution in [1.82, 2.24) is 5.32 Å². The molecule has 0 aromatic carbocycles. The number of hydrogen-bond donors (Lipinski definition) is 3. The van der Waals surface area contributed by atoms with E-state index in [0.29, 0.717) is 13.0 Å². The van der Waals surface area contributed by atoms with Gasteiger partial charge in [0.25, 0.3) is 0 Å². The van der Waals surface area contributed by atoms with E-state index in [1.807, 2.05) is 13.8 Å². The molecule has 1 fully saturated rings. The summed E-state index contributed by atoms with van der Waals surface area (Å²) in [6.07, 6.45) is 0.601. The highest BCUT2D eigenvalue weighted by molar-refractivity contribution is 5.73. The molecule has 1 aliphatic heterocycles. The van der Waals surface area contributed by atoms with Crippen molar-refractivity contribution in [3.8, 4) is 0 Å². The van der Waals surface area contributed by atoms with E-state index in [1.54, 1.807) is 0 Å². The molecule has 4 nitrogen and oxygen atoms in total. The van der Waals surface area contributed by atoms with Crippen LogP contribution < -0.4 is 11.1 Å². The Morgan fingerprint density at radius 1 is 1.67 bits per heavy atom. The molecule has 70 valence electrons. The van der Waals surface area contributed by atoms with Gasteiger partial charge in [0, 0.05) is 12.6 Å². The third-order valence-electron chi connectivity index (χ3n) is 2.62. The first-order chi connectivity index (χ1) is 5.43. The molecule has 0 bridgehead atoms. The van der Waals surface area contributed by atoms with Gasteiger partial charge in [0.15, 0.2) is 0 Å². The zero-order valence-corrected chi connectivity index (χ0v) is 7.50. The molecule has 0 radical (unpaired) electrons. The molecule has 1 saturated heterocycles. The Bertz CT molecular complexity index is 191. The SMILES string of the molecule is CC1(C)CC(C(=O)O)NCC1N. The minimum absolute atomic E-state index is 0.0492. The molecular weight excluding hydrogens is 156 g/mol. The average molecular weight is 172 g/mol. The summed E-state index contributed by atoms with van der Waals surface area (Å²) >= 11 is 0. The van der Waals surface area contributed by atoms with Gasteiger partial charge in [-0.3, -0.25) is 4.79 Å². The maximum atomic E-state index is 10.6. The number of aliphatic carboxylic acids is 1. The predicted molar refractivity (Wildman–Crippen MR) is 45.8 cm³/mol. The molecule has 4 heteroatoms. The van der Waals surface area contributed by atoms with Crippen LogP contribution in [0.1, 0.15) is 20.3 Å². The number of rotatable bonds is 1. The number of nitrogens with one attached hydrogen (secondary N) is 1. The quantitative estimate of drug-likeness (QED) is 0.511. The standard InChI is InChI=1S/C8H16N2O2/c1-8(2)3-5(7(11)12)10-4-6(8)9/h5-6,10H,3-4,9H2,1-2H3,(H,11,12). The van der Waals surface area contributed by atoms with Gasteiger partial charge >= 0.3 is 5.97 Å². The van der Waals surface area contributed by atoms with Crippen LogP contribution in [0.2, 0.25) is 0 Å². The lowest BCUT2D eigenvalue weighted by molar-refractivity contribution is -0.141. The summed E-state index contributed by atoms with van der Waals surface area (Å²) in [7, 11) is 0. The summed E-state index contributed by atoms with van der Waals surface area (Å²) < 4.78 is 0. The molecule has 1 rings (SSSR count). The van der Waals surface area contributed by atoms with Crippen molar-refractivity contribution in [1.29, 1.82) is 0 Å². The van der Waals surface area contributed by atoms with Crippen LogP contribution in [-0.2, 0) is 4.79 Å². The second-order valence-electron chi connectivity index (χ2n) is 4.10. The number of carbonyl (C=O) groups is 1. The van der Waals surface area contributed by atoms with Crippen LogP contribution >= 0.6 is 0 Å². The van der Waals surface area contributed by atoms with Gasteiger partial charge in [-0.1, -0.05) is 13.8 Å². The summed E-state index contributed by atoms with van der Waals surface area (Å²) in [6, 6.07) is -0.382. The predicted octanol–water partition coefficient (Wildman–Crippen LogP) is -0.214. The van der Waals surface area contributed by atoms with E-state index in [4.69, 9.17) is 10.8 Å². The fourth-order valence-corrected chi connectivity index (χ4v) is 1.47. The molecule has 1 heterocycles. The maximum Gasteiger partial charge on any atom is 0.320 e. The van der Waals surface area contributed by atoms with Gasteiger partial charge in [0.05, 0.1) is 0 Å². The molecule has 0 spiro atoms. The van der Waals surface area contributed by atoms with Crippen molar-refractivity contribution in [2.75, 3.05) is 6.54 Å². The van der Waals surface area contributed by atoms with Crippen molar-refractivity contribution in [2.24, 2.45) is 11.1 Å². The van der Waals surface area contributed by atoms with Crippen molar-refractivity contribution < 1.29 is 9.90 Å². The zero-order chi connectivity index (χ0) is 9.35. The second kappa shape index (κ2) is 3.03. The van der Waals surface area contributed by atoms with Crippen LogP contribution in [0.3, 0.4) is 0 Å². The van der Waals surface area contributed by atoms with Gasteiger partial charge < -0.3 is 16.2 Å². The zero-order valence-electron chi connectivity index (χ0n) is 7.50. The third kappa shape index (κ3) is 1.76. The lowest BCUT2D eigenvalue weighted by atomic mass is 9.76. The number of carboxylic acids is 1. The molecule has 0 amide bonds. The van der Waals surface area contributed by atoms with Crippen LogP contribution in [0.5, 0.6) is 0 Å². The van der Waals surface area contributed by atoms with Gasteiger partial charge in [0.1, 0.15) is 6.04 Å². The van der Waals surface area contributed by atoms with E-state index in [9.17, 15) is 4.79 Å². The molecule has 4 N–H and O–H groups in total. The summed E-state index contributed by atoms with van der Waals surface area (Å²) in [4.78, 5) is 10.6. The Labute approximate surface area is 72.1 Å². The highest BCUT2D eigenvalue weighted by Gasteiger charge is 2.36. The van der Waals surface area contributed by atoms with Gasteiger partial charge in [-0.2, -0.15) is 0 Å². The van der Waals surface area contributed by atoms with E-state index in [-0.39, 0.29) is 11.5 Å². The van der Waals surface area contributed by atoms with E-state index < -0.39 is 12.0 Å². The topological polar surface area (TPSA) is 75.3 Å². The first kappa shape index (κ1) is 9.48. The monoisotopic (exact) mass is 172 g/mol.